The quantitative estimate of drug-likeness (QED) is 0.0189. The maximum atomic E-state index is 14.3. The van der Waals surface area contributed by atoms with Gasteiger partial charge in [0.15, 0.2) is 23.3 Å². The summed E-state index contributed by atoms with van der Waals surface area (Å²) in [4.78, 5) is 72.7. The van der Waals surface area contributed by atoms with Gasteiger partial charge in [0.2, 0.25) is 0 Å². The number of fused-ring (bicyclic) bond motifs is 4. The number of pyridine rings is 1. The number of ether oxygens (including phenoxy) is 1. The van der Waals surface area contributed by atoms with Crippen molar-refractivity contribution in [2.45, 2.75) is 129 Å². The maximum absolute atomic E-state index is 14.3. The number of aryl methyl sites for hydroxylation is 5. The van der Waals surface area contributed by atoms with Crippen molar-refractivity contribution in [3.05, 3.63) is 239 Å². The predicted molar refractivity (Wildman–Crippen MR) is 441 cm³/mol. The van der Waals surface area contributed by atoms with Crippen molar-refractivity contribution < 1.29 is 40.8 Å². The molecule has 5 N–H and O–H groups in total. The van der Waals surface area contributed by atoms with Gasteiger partial charge in [0, 0.05) is 90.4 Å². The summed E-state index contributed by atoms with van der Waals surface area (Å²) in [6.07, 6.45) is 12.4. The molecule has 111 heavy (non-hydrogen) atoms. The molecule has 15 rings (SSSR count). The molecule has 0 amide bonds. The summed E-state index contributed by atoms with van der Waals surface area (Å²) in [6, 6.07) is 23.2. The van der Waals surface area contributed by atoms with Gasteiger partial charge in [-0.15, -0.1) is 0 Å². The molecule has 5 aliphatic rings. The molecule has 5 aromatic heterocycles. The number of aromatic nitrogens is 9. The topological polar surface area (TPSA) is 258 Å². The molecule has 0 bridgehead atoms. The number of nitrogens with two attached hydrogens (primary N) is 1. The monoisotopic (exact) mass is 1820 g/mol. The van der Waals surface area contributed by atoms with E-state index in [-0.39, 0.29) is 81.5 Å². The van der Waals surface area contributed by atoms with Crippen molar-refractivity contribution in [1.82, 2.24) is 44.9 Å². The summed E-state index contributed by atoms with van der Waals surface area (Å²) in [5, 5.41) is 9.73. The summed E-state index contributed by atoms with van der Waals surface area (Å²) in [5.41, 5.74) is 15.8. The number of Topliss-reactive ketones (excluding diaryl/α,β-unsaturated/α-hetero) is 2. The highest BCUT2D eigenvalue weighted by atomic mass is 127. The molecule has 0 saturated heterocycles. The average molecular weight is 1830 g/mol. The van der Waals surface area contributed by atoms with Crippen molar-refractivity contribution in [1.29, 1.82) is 5.41 Å². The third-order valence-corrected chi connectivity index (χ3v) is 21.1. The molecule has 5 heterocycles. The van der Waals surface area contributed by atoms with Crippen molar-refractivity contribution in [3.63, 3.8) is 0 Å². The first-order chi connectivity index (χ1) is 52.5. The number of hydrogen-bond acceptors (Lipinski definition) is 15. The number of ketones is 2. The van der Waals surface area contributed by atoms with Crippen LogP contribution in [0.25, 0.3) is 45.6 Å². The molecule has 0 spiro atoms. The van der Waals surface area contributed by atoms with Crippen LogP contribution >= 0.6 is 131 Å². The summed E-state index contributed by atoms with van der Waals surface area (Å²) in [7, 11) is 1.47. The zero-order valence-corrected chi connectivity index (χ0v) is 70.3. The molecule has 1 fully saturated rings. The second-order valence-electron chi connectivity index (χ2n) is 26.8. The van der Waals surface area contributed by atoms with Crippen molar-refractivity contribution in [3.8, 4) is 45.6 Å². The molecule has 17 nitrogen and oxygen atoms in total. The van der Waals surface area contributed by atoms with E-state index in [0.717, 1.165) is 118 Å². The number of aromatic amines is 1. The van der Waals surface area contributed by atoms with Gasteiger partial charge in [0.25, 0.3) is 5.56 Å². The first-order valence-electron chi connectivity index (χ1n) is 34.7. The van der Waals surface area contributed by atoms with Gasteiger partial charge < -0.3 is 20.8 Å². The van der Waals surface area contributed by atoms with Crippen LogP contribution < -0.4 is 16.6 Å². The van der Waals surface area contributed by atoms with E-state index in [4.69, 9.17) is 85.5 Å². The third-order valence-electron chi connectivity index (χ3n) is 18.8. The Labute approximate surface area is 695 Å². The third kappa shape index (κ3) is 23.2. The Bertz CT molecular complexity index is 5150. The minimum absolute atomic E-state index is 0.0394. The molecule has 1 saturated carbocycles. The van der Waals surface area contributed by atoms with Crippen LogP contribution in [0.4, 0.5) is 33.5 Å². The number of nitrogens with zero attached hydrogens (tertiary/aromatic N) is 8. The second-order valence-corrected chi connectivity index (χ2v) is 37.0. The summed E-state index contributed by atoms with van der Waals surface area (Å²) in [5.74, 6) is 0.915. The fourth-order valence-electron chi connectivity index (χ4n) is 13.2. The molecule has 6 unspecified atom stereocenters. The van der Waals surface area contributed by atoms with Gasteiger partial charge in [-0.3, -0.25) is 29.3 Å². The lowest BCUT2D eigenvalue weighted by atomic mass is 9.93. The van der Waals surface area contributed by atoms with Gasteiger partial charge >= 0.3 is 5.20 Å². The lowest BCUT2D eigenvalue weighted by Crippen LogP contribution is -2.26. The molecule has 6 atom stereocenters. The highest BCUT2D eigenvalue weighted by molar-refractivity contribution is 14.1. The summed E-state index contributed by atoms with van der Waals surface area (Å²) >= 11 is 51.5. The van der Waals surface area contributed by atoms with E-state index in [1.807, 2.05) is 26.8 Å². The SMILES string of the molecule is CC1CCc2nc(-c3cc(Cl)ccc3F)[nH]c(=O)c21.CC1CCc2nc(-c3cc(Cl)ccc3F)nc(Cl)c21.CC1CCc2nc(-c3cc(Cl)ccc3F)nc(I)c21.COCC(=O)C1C(=O)CCC1C.Cc1cnccc1Nc1nc(-c2cc(Cl)ccc2F)nc2c1C(C)CC2.N=C(N)c1cc(Cl)ccc1F.O=P(Cl)(Cl)Cl. The standard InChI is InChI=1S/C20H18ClFN4.C14H11Cl2FN2.C14H11ClFIN2.C14H12ClFN2O.C9H14O3.C7H6ClFN2.Cl3OP/c1-11-3-6-17-18(11)20(24-16-7-8-23-10-12(16)2)26-19(25-17)14-9-13(21)4-5-15(14)22;1-7-2-5-11-12(7)13(16)19-14(18-11)9-6-8(15)3-4-10(9)17;1-7-2-5-11-12(7)13(17)19-14(18-11)9-6-8(15)3-4-10(9)16;1-7-2-5-11-12(7)14(19)18-13(17-11)9-6-8(15)3-4-10(9)16;1-6-3-4-7(10)9(6)8(11)5-12-2;8-4-1-2-6(9)5(3-4)7(10)11;1-5(2,3)4/h4-5,7-11H,3,6H2,1-2H3,(H,23,24,25,26);2*3-4,6-7H,2,5H2,1H3;3-4,6-7H,2,5H2,1H3,(H,17,18,19);6,9H,3-5H2,1-2H3;1-3H,(H3,10,11);. The fourth-order valence-corrected chi connectivity index (χ4v) is 15.5. The van der Waals surface area contributed by atoms with E-state index >= 15 is 0 Å². The highest BCUT2D eigenvalue weighted by Crippen LogP contribution is 2.61. The number of rotatable bonds is 10. The van der Waals surface area contributed by atoms with Gasteiger partial charge in [-0.25, -0.2) is 56.8 Å². The van der Waals surface area contributed by atoms with E-state index in [9.17, 15) is 40.9 Å². The van der Waals surface area contributed by atoms with Crippen LogP contribution in [0.15, 0.2) is 114 Å². The molecule has 5 aromatic carbocycles. The zero-order valence-electron chi connectivity index (χ0n) is 60.4. The molecule has 10 aromatic rings. The van der Waals surface area contributed by atoms with Crippen molar-refractivity contribution in [2.75, 3.05) is 19.0 Å². The first kappa shape index (κ1) is 88.1. The Morgan fingerprint density at radius 1 is 0.568 bits per heavy atom. The van der Waals surface area contributed by atoms with E-state index in [0.29, 0.717) is 83.0 Å². The molecule has 0 radical (unpaired) electrons. The minimum Gasteiger partial charge on any atom is -0.384 e. The van der Waals surface area contributed by atoms with E-state index in [1.54, 1.807) is 24.5 Å². The zero-order chi connectivity index (χ0) is 81.0. The van der Waals surface area contributed by atoms with Crippen molar-refractivity contribution in [2.24, 2.45) is 17.6 Å². The smallest absolute Gasteiger partial charge is 0.339 e. The molecular formula is C78H72Cl9F5IN12O5P. The lowest BCUT2D eigenvalue weighted by molar-refractivity contribution is -0.134. The average Bonchev–Trinajstić information content (AvgIpc) is 1.70. The predicted octanol–water partition coefficient (Wildman–Crippen LogP) is 23.3. The number of halogens is 15. The number of methoxy groups -OCH3 is 1. The summed E-state index contributed by atoms with van der Waals surface area (Å²) in [6.45, 7) is 12.4. The fraction of sp³-hybridized carbons (Fsp3) is 0.308. The van der Waals surface area contributed by atoms with Gasteiger partial charge in [0.1, 0.15) is 67.8 Å². The number of benzene rings is 5. The Hall–Kier alpha value is -6.84. The first-order valence-corrected chi connectivity index (χ1v) is 42.4. The molecule has 5 aliphatic carbocycles. The van der Waals surface area contributed by atoms with E-state index in [2.05, 4.69) is 127 Å². The van der Waals surface area contributed by atoms with Crippen LogP contribution in [0.2, 0.25) is 30.3 Å². The Morgan fingerprint density at radius 2 is 0.982 bits per heavy atom. The van der Waals surface area contributed by atoms with Crippen molar-refractivity contribution >= 4 is 160 Å². The van der Waals surface area contributed by atoms with Gasteiger partial charge in [-0.1, -0.05) is 104 Å². The number of amidine groups is 1. The van der Waals surface area contributed by atoms with Crippen LogP contribution in [0.5, 0.6) is 0 Å². The lowest BCUT2D eigenvalue weighted by Gasteiger charge is -2.16. The van der Waals surface area contributed by atoms with Gasteiger partial charge in [-0.2, -0.15) is 0 Å². The minimum atomic E-state index is -3.22. The number of nitrogens with one attached hydrogen (secondary N) is 3. The Kier molecular flexibility index (Phi) is 31.3. The Balaban J connectivity index is 0.000000154. The number of H-pyrrole nitrogens is 1. The van der Waals surface area contributed by atoms with Gasteiger partial charge in [0.05, 0.1) is 45.1 Å². The molecule has 33 heteroatoms. The number of carbonyl (C=O) groups is 2. The van der Waals surface area contributed by atoms with E-state index < -0.39 is 22.7 Å². The molecular weight excluding hydrogens is 1760 g/mol. The largest absolute Gasteiger partial charge is 0.384 e. The number of hydrogen-bond donors (Lipinski definition) is 4. The van der Waals surface area contributed by atoms with Crippen LogP contribution in [-0.4, -0.2) is 76.0 Å². The van der Waals surface area contributed by atoms with Gasteiger partial charge in [-0.05, 0) is 253 Å². The highest BCUT2D eigenvalue weighted by Gasteiger charge is 2.37. The van der Waals surface area contributed by atoms with Crippen LogP contribution in [0.1, 0.15) is 153 Å². The molecule has 584 valence electrons. The number of carbonyl (C=O) groups excluding carboxylic acids is 2. The number of anilines is 2. The normalized spacial score (nSPS) is 17.4. The van der Waals surface area contributed by atoms with Crippen LogP contribution in [0, 0.1) is 57.0 Å². The Morgan fingerprint density at radius 3 is 1.45 bits per heavy atom. The summed E-state index contributed by atoms with van der Waals surface area (Å²) < 4.78 is 83.7. The number of nitrogen functional groups attached to an aromatic ring is 1. The van der Waals surface area contributed by atoms with Crippen LogP contribution in [0.3, 0.4) is 0 Å². The van der Waals surface area contributed by atoms with E-state index in [1.165, 1.54) is 91.5 Å². The molecule has 0 aliphatic heterocycles. The van der Waals surface area contributed by atoms with Crippen LogP contribution in [-0.2, 0) is 44.6 Å². The second kappa shape index (κ2) is 39.5. The maximum Gasteiger partial charge on any atom is 0.339 e.